The van der Waals surface area contributed by atoms with Crippen LogP contribution in [-0.4, -0.2) is 63.2 Å². The molecule has 0 spiro atoms. The van der Waals surface area contributed by atoms with E-state index in [1.54, 1.807) is 12.3 Å². The lowest BCUT2D eigenvalue weighted by molar-refractivity contribution is 0.0983. The zero-order chi connectivity index (χ0) is 28.2. The zero-order valence-electron chi connectivity index (χ0n) is 24.0. The van der Waals surface area contributed by atoms with Gasteiger partial charge in [-0.05, 0) is 57.0 Å². The molecule has 4 aromatic rings. The lowest BCUT2D eigenvalue weighted by Gasteiger charge is -2.38. The van der Waals surface area contributed by atoms with Gasteiger partial charge in [0.25, 0.3) is 0 Å². The Hall–Kier alpha value is -4.08. The number of anilines is 3. The zero-order valence-corrected chi connectivity index (χ0v) is 24.0. The molecule has 9 nitrogen and oxygen atoms in total. The van der Waals surface area contributed by atoms with Crippen molar-refractivity contribution in [2.75, 3.05) is 36.5 Å². The van der Waals surface area contributed by atoms with Crippen LogP contribution in [-0.2, 0) is 24.3 Å². The molecule has 2 aliphatic rings. The third kappa shape index (κ3) is 6.31. The Bertz CT molecular complexity index is 1460. The van der Waals surface area contributed by atoms with Crippen molar-refractivity contribution >= 4 is 17.5 Å². The van der Waals surface area contributed by atoms with Gasteiger partial charge in [-0.15, -0.1) is 0 Å². The van der Waals surface area contributed by atoms with E-state index < -0.39 is 0 Å². The van der Waals surface area contributed by atoms with E-state index >= 15 is 0 Å². The Kier molecular flexibility index (Phi) is 8.07. The number of hydrogen-bond acceptors (Lipinski definition) is 9. The Morgan fingerprint density at radius 2 is 1.83 bits per heavy atom. The van der Waals surface area contributed by atoms with Crippen LogP contribution >= 0.6 is 0 Å². The summed E-state index contributed by atoms with van der Waals surface area (Å²) in [4.78, 5) is 24.0. The lowest BCUT2D eigenvalue weighted by atomic mass is 10.0. The molecular weight excluding hydrogens is 514 g/mol. The molecule has 212 valence electrons. The third-order valence-electron chi connectivity index (χ3n) is 7.70. The fourth-order valence-corrected chi connectivity index (χ4v) is 5.33. The molecule has 0 bridgehead atoms. The monoisotopic (exact) mass is 551 g/mol. The van der Waals surface area contributed by atoms with Crippen molar-refractivity contribution in [1.82, 2.24) is 24.8 Å². The minimum Gasteiger partial charge on any atom is -0.473 e. The van der Waals surface area contributed by atoms with Gasteiger partial charge in [-0.25, -0.2) is 15.0 Å². The summed E-state index contributed by atoms with van der Waals surface area (Å²) in [6.45, 7) is 11.3. The topological polar surface area (TPSA) is 88.5 Å². The van der Waals surface area contributed by atoms with Crippen LogP contribution in [0.2, 0.25) is 0 Å². The van der Waals surface area contributed by atoms with Gasteiger partial charge in [-0.1, -0.05) is 30.3 Å². The van der Waals surface area contributed by atoms with E-state index in [9.17, 15) is 0 Å². The first kappa shape index (κ1) is 27.1. The lowest BCUT2D eigenvalue weighted by Crippen LogP contribution is -2.45. The van der Waals surface area contributed by atoms with Crippen molar-refractivity contribution < 1.29 is 9.47 Å². The van der Waals surface area contributed by atoms with Gasteiger partial charge in [0.2, 0.25) is 11.8 Å². The van der Waals surface area contributed by atoms with E-state index in [1.807, 2.05) is 42.5 Å². The van der Waals surface area contributed by atoms with Crippen LogP contribution in [0.25, 0.3) is 11.4 Å². The van der Waals surface area contributed by atoms with Crippen LogP contribution in [0.3, 0.4) is 0 Å². The molecule has 2 aromatic heterocycles. The number of rotatable bonds is 8. The smallest absolute Gasteiger partial charge is 0.230 e. The molecule has 1 saturated heterocycles. The highest BCUT2D eigenvalue weighted by Gasteiger charge is 2.29. The summed E-state index contributed by atoms with van der Waals surface area (Å²) >= 11 is 0. The van der Waals surface area contributed by atoms with Gasteiger partial charge in [-0.3, -0.25) is 4.90 Å². The van der Waals surface area contributed by atoms with Gasteiger partial charge < -0.3 is 19.7 Å². The van der Waals surface area contributed by atoms with Crippen LogP contribution < -0.4 is 15.0 Å². The maximum absolute atomic E-state index is 5.86. The van der Waals surface area contributed by atoms with Crippen LogP contribution in [0.4, 0.5) is 17.5 Å². The van der Waals surface area contributed by atoms with Crippen LogP contribution in [0, 0.1) is 0 Å². The quantitative estimate of drug-likeness (QED) is 0.315. The average molecular weight is 552 g/mol. The molecule has 2 aliphatic heterocycles. The molecule has 0 radical (unpaired) electrons. The first-order valence-corrected chi connectivity index (χ1v) is 14.4. The Morgan fingerprint density at radius 3 is 2.61 bits per heavy atom. The summed E-state index contributed by atoms with van der Waals surface area (Å²) in [5.74, 6) is 2.81. The summed E-state index contributed by atoms with van der Waals surface area (Å²) in [5.41, 5.74) is 5.35. The number of nitrogens with zero attached hydrogens (tertiary/aromatic N) is 6. The SMILES string of the molecule is CC(C)N1CCc2c(nc(-c3ccc(Nc4nccc(OCc5ccccc5)n4)cc3)nc2N2CCOC[C@@H]2C)C1. The Labute approximate surface area is 241 Å². The maximum Gasteiger partial charge on any atom is 0.230 e. The number of nitrogens with one attached hydrogen (secondary N) is 1. The first-order valence-electron chi connectivity index (χ1n) is 14.4. The van der Waals surface area contributed by atoms with E-state index in [4.69, 9.17) is 19.4 Å². The highest BCUT2D eigenvalue weighted by Crippen LogP contribution is 2.32. The highest BCUT2D eigenvalue weighted by molar-refractivity contribution is 5.65. The van der Waals surface area contributed by atoms with Gasteiger partial charge in [0, 0.05) is 54.8 Å². The van der Waals surface area contributed by atoms with Crippen molar-refractivity contribution in [2.45, 2.75) is 52.4 Å². The second-order valence-electron chi connectivity index (χ2n) is 10.9. The first-order chi connectivity index (χ1) is 20.0. The minimum atomic E-state index is 0.276. The molecule has 1 atom stereocenters. The number of fused-ring (bicyclic) bond motifs is 1. The molecular formula is C32H37N7O2. The Morgan fingerprint density at radius 1 is 1.00 bits per heavy atom. The molecule has 2 aromatic carbocycles. The molecule has 1 N–H and O–H groups in total. The second-order valence-corrected chi connectivity index (χ2v) is 10.9. The van der Waals surface area contributed by atoms with Crippen molar-refractivity contribution in [3.05, 3.63) is 83.7 Å². The number of benzene rings is 2. The molecule has 4 heterocycles. The van der Waals surface area contributed by atoms with Gasteiger partial charge >= 0.3 is 0 Å². The summed E-state index contributed by atoms with van der Waals surface area (Å²) < 4.78 is 11.6. The predicted molar refractivity (Wildman–Crippen MR) is 160 cm³/mol. The molecule has 0 saturated carbocycles. The summed E-state index contributed by atoms with van der Waals surface area (Å²) in [5, 5.41) is 3.29. The van der Waals surface area contributed by atoms with Crippen molar-refractivity contribution in [3.63, 3.8) is 0 Å². The third-order valence-corrected chi connectivity index (χ3v) is 7.70. The normalized spacial score (nSPS) is 17.4. The number of morpholine rings is 1. The van der Waals surface area contributed by atoms with Crippen molar-refractivity contribution in [2.24, 2.45) is 0 Å². The molecule has 0 unspecified atom stereocenters. The summed E-state index contributed by atoms with van der Waals surface area (Å²) in [6, 6.07) is 20.7. The van der Waals surface area contributed by atoms with E-state index in [-0.39, 0.29) is 6.04 Å². The van der Waals surface area contributed by atoms with E-state index in [1.165, 1.54) is 5.56 Å². The molecule has 0 aliphatic carbocycles. The van der Waals surface area contributed by atoms with Gasteiger partial charge in [-0.2, -0.15) is 4.98 Å². The van der Waals surface area contributed by atoms with Crippen molar-refractivity contribution in [3.8, 4) is 17.3 Å². The minimum absolute atomic E-state index is 0.276. The average Bonchev–Trinajstić information content (AvgIpc) is 3.00. The predicted octanol–water partition coefficient (Wildman–Crippen LogP) is 5.25. The summed E-state index contributed by atoms with van der Waals surface area (Å²) in [6.07, 6.45) is 2.66. The molecule has 1 fully saturated rings. The fraction of sp³-hybridized carbons (Fsp3) is 0.375. The van der Waals surface area contributed by atoms with E-state index in [0.717, 1.165) is 66.8 Å². The fourth-order valence-electron chi connectivity index (χ4n) is 5.33. The second kappa shape index (κ2) is 12.2. The van der Waals surface area contributed by atoms with Crippen molar-refractivity contribution in [1.29, 1.82) is 0 Å². The molecule has 0 amide bonds. The molecule has 6 rings (SSSR count). The van der Waals surface area contributed by atoms with E-state index in [2.05, 4.69) is 58.0 Å². The van der Waals surface area contributed by atoms with E-state index in [0.29, 0.717) is 31.1 Å². The maximum atomic E-state index is 5.86. The molecule has 41 heavy (non-hydrogen) atoms. The van der Waals surface area contributed by atoms with Crippen LogP contribution in [0.5, 0.6) is 5.88 Å². The van der Waals surface area contributed by atoms with Crippen LogP contribution in [0.1, 0.15) is 37.6 Å². The van der Waals surface area contributed by atoms with Gasteiger partial charge in [0.05, 0.1) is 24.9 Å². The molecule has 9 heteroatoms. The standard InChI is InChI=1S/C32H37N7O2/c1-22(2)38-16-14-27-28(19-38)35-30(37-31(27)39-17-18-40-20-23(39)3)25-9-11-26(12-10-25)34-32-33-15-13-29(36-32)41-21-24-7-5-4-6-8-24/h4-13,15,22-23H,14,16-21H2,1-3H3,(H,33,34,36)/t23-/m0/s1. The Balaban J connectivity index is 1.22. The highest BCUT2D eigenvalue weighted by atomic mass is 16.5. The number of aromatic nitrogens is 4. The van der Waals surface area contributed by atoms with Gasteiger partial charge in [0.1, 0.15) is 12.4 Å². The van der Waals surface area contributed by atoms with Gasteiger partial charge in [0.15, 0.2) is 5.82 Å². The largest absolute Gasteiger partial charge is 0.473 e. The number of hydrogen-bond donors (Lipinski definition) is 1. The summed E-state index contributed by atoms with van der Waals surface area (Å²) in [7, 11) is 0. The number of ether oxygens (including phenoxy) is 2. The van der Waals surface area contributed by atoms with Crippen LogP contribution in [0.15, 0.2) is 66.9 Å².